The summed E-state index contributed by atoms with van der Waals surface area (Å²) in [5.41, 5.74) is 7.94. The molecular weight excluding hydrogens is 206 g/mol. The number of para-hydroxylation sites is 1. The highest BCUT2D eigenvalue weighted by molar-refractivity contribution is 5.78. The van der Waals surface area contributed by atoms with Crippen LogP contribution < -0.4 is 15.2 Å². The Balaban J connectivity index is 2.61. The number of methoxy groups -OCH3 is 2. The highest BCUT2D eigenvalue weighted by atomic mass is 16.5. The summed E-state index contributed by atoms with van der Waals surface area (Å²) >= 11 is 0. The van der Waals surface area contributed by atoms with Crippen molar-refractivity contribution in [1.29, 1.82) is 0 Å². The fraction of sp³-hybridized carbons (Fsp3) is 0.182. The third-order valence-electron chi connectivity index (χ3n) is 2.34. The van der Waals surface area contributed by atoms with E-state index in [1.54, 1.807) is 20.4 Å². The third kappa shape index (κ3) is 1.56. The molecule has 0 spiro atoms. The Morgan fingerprint density at radius 2 is 2.06 bits per heavy atom. The number of aromatic amines is 1. The van der Waals surface area contributed by atoms with Crippen molar-refractivity contribution in [3.63, 3.8) is 0 Å². The molecule has 84 valence electrons. The van der Waals surface area contributed by atoms with E-state index in [0.29, 0.717) is 17.2 Å². The number of benzene rings is 1. The lowest BCUT2D eigenvalue weighted by Gasteiger charge is -2.11. The van der Waals surface area contributed by atoms with Crippen LogP contribution in [0.4, 0.5) is 5.69 Å². The average Bonchev–Trinajstić information content (AvgIpc) is 2.74. The average molecular weight is 219 g/mol. The maximum Gasteiger partial charge on any atom is 0.170 e. The maximum absolute atomic E-state index is 5.80. The van der Waals surface area contributed by atoms with E-state index in [2.05, 4.69) is 10.2 Å². The van der Waals surface area contributed by atoms with E-state index in [4.69, 9.17) is 15.2 Å². The van der Waals surface area contributed by atoms with Crippen molar-refractivity contribution in [1.82, 2.24) is 10.2 Å². The van der Waals surface area contributed by atoms with E-state index in [9.17, 15) is 0 Å². The molecule has 2 rings (SSSR count). The van der Waals surface area contributed by atoms with Crippen LogP contribution in [0.3, 0.4) is 0 Å². The molecule has 2 aromatic rings. The van der Waals surface area contributed by atoms with Gasteiger partial charge in [-0.1, -0.05) is 6.07 Å². The van der Waals surface area contributed by atoms with Gasteiger partial charge in [-0.2, -0.15) is 5.10 Å². The van der Waals surface area contributed by atoms with Gasteiger partial charge in [-0.05, 0) is 12.1 Å². The van der Waals surface area contributed by atoms with Crippen LogP contribution in [-0.4, -0.2) is 24.4 Å². The molecule has 0 amide bonds. The summed E-state index contributed by atoms with van der Waals surface area (Å²) in [6.45, 7) is 0. The number of H-pyrrole nitrogens is 1. The predicted octanol–water partition coefficient (Wildman–Crippen LogP) is 1.68. The highest BCUT2D eigenvalue weighted by Crippen LogP contribution is 2.38. The number of nitrogen functional groups attached to an aromatic ring is 1. The minimum atomic E-state index is 0.576. The summed E-state index contributed by atoms with van der Waals surface area (Å²) in [4.78, 5) is 0. The zero-order chi connectivity index (χ0) is 11.5. The molecule has 0 aliphatic rings. The SMILES string of the molecule is COc1cccc(-c2[nH]ncc2N)c1OC. The van der Waals surface area contributed by atoms with Gasteiger partial charge in [-0.3, -0.25) is 5.10 Å². The number of nitrogens with two attached hydrogens (primary N) is 1. The number of ether oxygens (including phenoxy) is 2. The number of hydrogen-bond donors (Lipinski definition) is 2. The first-order chi connectivity index (χ1) is 7.77. The van der Waals surface area contributed by atoms with Gasteiger partial charge in [-0.25, -0.2) is 0 Å². The summed E-state index contributed by atoms with van der Waals surface area (Å²) in [6.07, 6.45) is 1.56. The highest BCUT2D eigenvalue weighted by Gasteiger charge is 2.14. The molecule has 3 N–H and O–H groups in total. The Kier molecular flexibility index (Phi) is 2.68. The van der Waals surface area contributed by atoms with Gasteiger partial charge >= 0.3 is 0 Å². The second-order valence-corrected chi connectivity index (χ2v) is 3.24. The van der Waals surface area contributed by atoms with E-state index in [0.717, 1.165) is 11.3 Å². The molecule has 0 aliphatic carbocycles. The first kappa shape index (κ1) is 10.4. The quantitative estimate of drug-likeness (QED) is 0.823. The molecule has 1 heterocycles. The van der Waals surface area contributed by atoms with Crippen molar-refractivity contribution in [3.05, 3.63) is 24.4 Å². The molecule has 1 aromatic heterocycles. The standard InChI is InChI=1S/C11H13N3O2/c1-15-9-5-3-4-7(11(9)16-2)10-8(12)6-13-14-10/h3-6H,12H2,1-2H3,(H,13,14). The molecule has 0 aliphatic heterocycles. The Hall–Kier alpha value is -2.17. The van der Waals surface area contributed by atoms with Crippen LogP contribution in [0.2, 0.25) is 0 Å². The molecule has 1 aromatic carbocycles. The first-order valence-corrected chi connectivity index (χ1v) is 4.78. The van der Waals surface area contributed by atoms with Gasteiger partial charge in [-0.15, -0.1) is 0 Å². The molecule has 16 heavy (non-hydrogen) atoms. The predicted molar refractivity (Wildman–Crippen MR) is 61.5 cm³/mol. The van der Waals surface area contributed by atoms with Crippen molar-refractivity contribution >= 4 is 5.69 Å². The number of hydrogen-bond acceptors (Lipinski definition) is 4. The molecule has 0 atom stereocenters. The maximum atomic E-state index is 5.80. The zero-order valence-corrected chi connectivity index (χ0v) is 9.15. The van der Waals surface area contributed by atoms with Crippen LogP contribution in [0, 0.1) is 0 Å². The van der Waals surface area contributed by atoms with Crippen LogP contribution >= 0.6 is 0 Å². The molecule has 0 unspecified atom stereocenters. The normalized spacial score (nSPS) is 10.1. The Morgan fingerprint density at radius 1 is 1.25 bits per heavy atom. The van der Waals surface area contributed by atoms with E-state index < -0.39 is 0 Å². The first-order valence-electron chi connectivity index (χ1n) is 4.78. The minimum Gasteiger partial charge on any atom is -0.493 e. The molecule has 0 saturated carbocycles. The summed E-state index contributed by atoms with van der Waals surface area (Å²) in [5, 5.41) is 6.72. The number of nitrogens with one attached hydrogen (secondary N) is 1. The lowest BCUT2D eigenvalue weighted by Crippen LogP contribution is -1.95. The number of nitrogens with zero attached hydrogens (tertiary/aromatic N) is 1. The molecule has 0 bridgehead atoms. The Morgan fingerprint density at radius 3 is 2.62 bits per heavy atom. The van der Waals surface area contributed by atoms with Gasteiger partial charge in [0, 0.05) is 5.56 Å². The van der Waals surface area contributed by atoms with Gasteiger partial charge in [0.2, 0.25) is 0 Å². The second-order valence-electron chi connectivity index (χ2n) is 3.24. The fourth-order valence-electron chi connectivity index (χ4n) is 1.60. The number of aromatic nitrogens is 2. The van der Waals surface area contributed by atoms with E-state index in [-0.39, 0.29) is 0 Å². The summed E-state index contributed by atoms with van der Waals surface area (Å²) in [7, 11) is 3.19. The van der Waals surface area contributed by atoms with Crippen molar-refractivity contribution in [2.24, 2.45) is 0 Å². The largest absolute Gasteiger partial charge is 0.493 e. The minimum absolute atomic E-state index is 0.576. The molecule has 0 saturated heterocycles. The van der Waals surface area contributed by atoms with Crippen LogP contribution in [0.25, 0.3) is 11.3 Å². The topological polar surface area (TPSA) is 73.2 Å². The van der Waals surface area contributed by atoms with Crippen LogP contribution in [-0.2, 0) is 0 Å². The van der Waals surface area contributed by atoms with Gasteiger partial charge in [0.1, 0.15) is 0 Å². The lowest BCUT2D eigenvalue weighted by atomic mass is 10.1. The van der Waals surface area contributed by atoms with Gasteiger partial charge in [0.15, 0.2) is 11.5 Å². The smallest absolute Gasteiger partial charge is 0.170 e. The van der Waals surface area contributed by atoms with E-state index in [1.807, 2.05) is 18.2 Å². The van der Waals surface area contributed by atoms with Crippen LogP contribution in [0.15, 0.2) is 24.4 Å². The van der Waals surface area contributed by atoms with Gasteiger partial charge in [0.25, 0.3) is 0 Å². The summed E-state index contributed by atoms with van der Waals surface area (Å²) in [5.74, 6) is 1.30. The van der Waals surface area contributed by atoms with E-state index >= 15 is 0 Å². The van der Waals surface area contributed by atoms with Crippen LogP contribution in [0.5, 0.6) is 11.5 Å². The zero-order valence-electron chi connectivity index (χ0n) is 9.15. The van der Waals surface area contributed by atoms with Crippen molar-refractivity contribution in [2.45, 2.75) is 0 Å². The van der Waals surface area contributed by atoms with Gasteiger partial charge in [0.05, 0.1) is 31.8 Å². The van der Waals surface area contributed by atoms with Crippen LogP contribution in [0.1, 0.15) is 0 Å². The molecule has 5 heteroatoms. The van der Waals surface area contributed by atoms with Gasteiger partial charge < -0.3 is 15.2 Å². The van der Waals surface area contributed by atoms with Crippen molar-refractivity contribution in [3.8, 4) is 22.8 Å². The van der Waals surface area contributed by atoms with E-state index in [1.165, 1.54) is 0 Å². The van der Waals surface area contributed by atoms with Crippen molar-refractivity contribution < 1.29 is 9.47 Å². The third-order valence-corrected chi connectivity index (χ3v) is 2.34. The number of rotatable bonds is 3. The molecule has 5 nitrogen and oxygen atoms in total. The monoisotopic (exact) mass is 219 g/mol. The summed E-state index contributed by atoms with van der Waals surface area (Å²) < 4.78 is 10.5. The van der Waals surface area contributed by atoms with Crippen molar-refractivity contribution in [2.75, 3.05) is 20.0 Å². The second kappa shape index (κ2) is 4.14. The molecule has 0 radical (unpaired) electrons. The molecular formula is C11H13N3O2. The number of anilines is 1. The summed E-state index contributed by atoms with van der Waals surface area (Å²) in [6, 6.07) is 5.59. The Bertz CT molecular complexity index is 494. The molecule has 0 fully saturated rings. The lowest BCUT2D eigenvalue weighted by molar-refractivity contribution is 0.356. The Labute approximate surface area is 93.2 Å². The fourth-order valence-corrected chi connectivity index (χ4v) is 1.60.